The second kappa shape index (κ2) is 16.3. The predicted molar refractivity (Wildman–Crippen MR) is 274 cm³/mol. The summed E-state index contributed by atoms with van der Waals surface area (Å²) in [5.41, 5.74) is 18.6. The molecule has 0 spiro atoms. The van der Waals surface area contributed by atoms with Crippen molar-refractivity contribution in [2.45, 2.75) is 0 Å². The van der Waals surface area contributed by atoms with Crippen LogP contribution in [0.25, 0.3) is 116 Å². The van der Waals surface area contributed by atoms with Gasteiger partial charge in [0.1, 0.15) is 5.82 Å². The molecule has 12 aromatic rings. The average Bonchev–Trinajstić information content (AvgIpc) is 3.78. The molecule has 0 atom stereocenters. The van der Waals surface area contributed by atoms with Crippen molar-refractivity contribution >= 4 is 32.6 Å². The van der Waals surface area contributed by atoms with E-state index in [9.17, 15) is 0 Å². The minimum atomic E-state index is 0.931. The first kappa shape index (κ1) is 38.1. The number of para-hydroxylation sites is 1. The summed E-state index contributed by atoms with van der Waals surface area (Å²) in [5.74, 6) is 0.931. The summed E-state index contributed by atoms with van der Waals surface area (Å²) in [4.78, 5) is 5.23. The zero-order valence-electron chi connectivity index (χ0n) is 35.6. The monoisotopic (exact) mass is 826 g/mol. The van der Waals surface area contributed by atoms with Gasteiger partial charge in [-0.1, -0.05) is 224 Å². The van der Waals surface area contributed by atoms with Crippen LogP contribution in [-0.2, 0) is 0 Å². The van der Waals surface area contributed by atoms with E-state index < -0.39 is 0 Å². The van der Waals surface area contributed by atoms with Gasteiger partial charge in [0.2, 0.25) is 0 Å². The lowest BCUT2D eigenvalue weighted by molar-refractivity contribution is 1.10. The zero-order valence-corrected chi connectivity index (χ0v) is 35.6. The third-order valence-electron chi connectivity index (χ3n) is 12.8. The molecule has 304 valence electrons. The van der Waals surface area contributed by atoms with Crippen molar-refractivity contribution in [1.29, 1.82) is 0 Å². The number of hydrogen-bond acceptors (Lipinski definition) is 1. The van der Waals surface area contributed by atoms with Crippen LogP contribution >= 0.6 is 0 Å². The highest BCUT2D eigenvalue weighted by molar-refractivity contribution is 6.24. The van der Waals surface area contributed by atoms with E-state index in [0.29, 0.717) is 0 Å². The molecular weight excluding hydrogens is 785 g/mol. The molecule has 0 aliphatic carbocycles. The number of benzene rings is 11. The molecule has 11 aromatic carbocycles. The molecule has 0 aliphatic rings. The summed E-state index contributed by atoms with van der Waals surface area (Å²) in [6, 6.07) is 92.0. The number of rotatable bonds is 8. The van der Waals surface area contributed by atoms with Crippen LogP contribution in [0, 0.1) is 0 Å². The second-order valence-electron chi connectivity index (χ2n) is 16.6. The number of imidazole rings is 1. The van der Waals surface area contributed by atoms with Crippen LogP contribution in [0.15, 0.2) is 255 Å². The highest BCUT2D eigenvalue weighted by atomic mass is 15.1. The molecule has 1 heterocycles. The molecule has 0 radical (unpaired) electrons. The smallest absolute Gasteiger partial charge is 0.145 e. The fourth-order valence-electron chi connectivity index (χ4n) is 9.81. The number of nitrogens with zero attached hydrogens (tertiary/aromatic N) is 2. The van der Waals surface area contributed by atoms with Gasteiger partial charge in [-0.05, 0) is 119 Å². The van der Waals surface area contributed by atoms with Crippen LogP contribution in [0.2, 0.25) is 0 Å². The van der Waals surface area contributed by atoms with Crippen LogP contribution in [0.4, 0.5) is 0 Å². The molecule has 0 bridgehead atoms. The Hall–Kier alpha value is -8.59. The maximum absolute atomic E-state index is 5.23. The quantitative estimate of drug-likeness (QED) is 0.140. The van der Waals surface area contributed by atoms with Crippen LogP contribution in [0.1, 0.15) is 0 Å². The molecule has 65 heavy (non-hydrogen) atoms. The van der Waals surface area contributed by atoms with Gasteiger partial charge < -0.3 is 0 Å². The van der Waals surface area contributed by atoms with E-state index in [0.717, 1.165) is 44.8 Å². The molecule has 0 fully saturated rings. The summed E-state index contributed by atoms with van der Waals surface area (Å²) in [6.07, 6.45) is 0. The fraction of sp³-hybridized carbons (Fsp3) is 0. The van der Waals surface area contributed by atoms with Crippen molar-refractivity contribution < 1.29 is 0 Å². The van der Waals surface area contributed by atoms with Gasteiger partial charge in [-0.15, -0.1) is 0 Å². The van der Waals surface area contributed by atoms with E-state index in [4.69, 9.17) is 4.98 Å². The van der Waals surface area contributed by atoms with Crippen LogP contribution < -0.4 is 0 Å². The SMILES string of the molecule is c1ccc(-c2ccccc2-c2c3ccccc3c(-c3ccccc3-c3ccccc3)c3cc(-c4ccc(-c5ccc6c(c5)nc(-c5ccccc5)n6-c5ccccc5)cc4)ccc23)cc1. The van der Waals surface area contributed by atoms with Gasteiger partial charge in [-0.25, -0.2) is 4.98 Å². The topological polar surface area (TPSA) is 17.8 Å². The van der Waals surface area contributed by atoms with Crippen LogP contribution in [0.5, 0.6) is 0 Å². The molecule has 1 aromatic heterocycles. The van der Waals surface area contributed by atoms with Gasteiger partial charge >= 0.3 is 0 Å². The minimum absolute atomic E-state index is 0.931. The summed E-state index contributed by atoms with van der Waals surface area (Å²) in [7, 11) is 0. The lowest BCUT2D eigenvalue weighted by Crippen LogP contribution is -1.97. The highest BCUT2D eigenvalue weighted by Gasteiger charge is 2.22. The molecule has 12 rings (SSSR count). The predicted octanol–water partition coefficient (Wildman–Crippen LogP) is 17.0. The third-order valence-corrected chi connectivity index (χ3v) is 12.8. The van der Waals surface area contributed by atoms with Gasteiger partial charge in [-0.3, -0.25) is 4.57 Å². The first-order valence-electron chi connectivity index (χ1n) is 22.3. The second-order valence-corrected chi connectivity index (χ2v) is 16.6. The zero-order chi connectivity index (χ0) is 43.1. The van der Waals surface area contributed by atoms with Crippen molar-refractivity contribution in [3.8, 4) is 83.8 Å². The Bertz CT molecular complexity index is 3670. The van der Waals surface area contributed by atoms with Gasteiger partial charge in [-0.2, -0.15) is 0 Å². The molecule has 0 saturated carbocycles. The standard InChI is InChI=1S/C63H42N2/c1-5-19-45(20-6-1)51-27-13-15-29-53(51)61-55-31-17-18-32-56(55)62(54-30-16-14-28-52(54)46-21-7-2-8-22-46)58-41-48(37-39-57(58)61)43-33-35-44(36-34-43)49-38-40-60-59(42-49)64-63(47-23-9-3-10-24-47)65(60)50-25-11-4-12-26-50/h1-42H. The Morgan fingerprint density at radius 1 is 0.262 bits per heavy atom. The lowest BCUT2D eigenvalue weighted by Gasteiger charge is -2.21. The molecule has 0 saturated heterocycles. The molecule has 0 aliphatic heterocycles. The highest BCUT2D eigenvalue weighted by Crippen LogP contribution is 2.49. The first-order chi connectivity index (χ1) is 32.3. The summed E-state index contributed by atoms with van der Waals surface area (Å²) in [6.45, 7) is 0. The number of fused-ring (bicyclic) bond motifs is 3. The van der Waals surface area contributed by atoms with E-state index in [-0.39, 0.29) is 0 Å². The van der Waals surface area contributed by atoms with Gasteiger partial charge in [0.15, 0.2) is 0 Å². The normalized spacial score (nSPS) is 11.4. The summed E-state index contributed by atoms with van der Waals surface area (Å²) >= 11 is 0. The van der Waals surface area contributed by atoms with E-state index in [1.54, 1.807) is 0 Å². The van der Waals surface area contributed by atoms with E-state index in [1.165, 1.54) is 71.6 Å². The van der Waals surface area contributed by atoms with E-state index >= 15 is 0 Å². The van der Waals surface area contributed by atoms with Gasteiger partial charge in [0.25, 0.3) is 0 Å². The Morgan fingerprint density at radius 3 is 1.22 bits per heavy atom. The molecule has 0 N–H and O–H groups in total. The Balaban J connectivity index is 1.03. The molecular formula is C63H42N2. The van der Waals surface area contributed by atoms with Crippen LogP contribution in [0.3, 0.4) is 0 Å². The van der Waals surface area contributed by atoms with E-state index in [1.807, 2.05) is 6.07 Å². The van der Waals surface area contributed by atoms with Crippen LogP contribution in [-0.4, -0.2) is 9.55 Å². The number of hydrogen-bond donors (Lipinski definition) is 0. The van der Waals surface area contributed by atoms with Crippen molar-refractivity contribution in [2.24, 2.45) is 0 Å². The molecule has 2 nitrogen and oxygen atoms in total. The Kier molecular flexibility index (Phi) is 9.54. The maximum Gasteiger partial charge on any atom is 0.145 e. The Labute approximate surface area is 379 Å². The van der Waals surface area contributed by atoms with Gasteiger partial charge in [0.05, 0.1) is 11.0 Å². The molecule has 0 amide bonds. The minimum Gasteiger partial charge on any atom is -0.292 e. The third kappa shape index (κ3) is 6.80. The maximum atomic E-state index is 5.23. The Morgan fingerprint density at radius 2 is 0.662 bits per heavy atom. The van der Waals surface area contributed by atoms with Crippen molar-refractivity contribution in [3.63, 3.8) is 0 Å². The van der Waals surface area contributed by atoms with Gasteiger partial charge in [0, 0.05) is 11.3 Å². The van der Waals surface area contributed by atoms with Crippen molar-refractivity contribution in [2.75, 3.05) is 0 Å². The average molecular weight is 827 g/mol. The summed E-state index contributed by atoms with van der Waals surface area (Å²) < 4.78 is 2.26. The molecule has 0 unspecified atom stereocenters. The lowest BCUT2D eigenvalue weighted by atomic mass is 9.81. The van der Waals surface area contributed by atoms with Crippen molar-refractivity contribution in [3.05, 3.63) is 255 Å². The largest absolute Gasteiger partial charge is 0.292 e. The summed E-state index contributed by atoms with van der Waals surface area (Å²) in [5, 5.41) is 4.91. The molecule has 2 heteroatoms. The fourth-order valence-corrected chi connectivity index (χ4v) is 9.81. The first-order valence-corrected chi connectivity index (χ1v) is 22.3. The number of aromatic nitrogens is 2. The van der Waals surface area contributed by atoms with Crippen molar-refractivity contribution in [1.82, 2.24) is 9.55 Å². The van der Waals surface area contributed by atoms with E-state index in [2.05, 4.69) is 253 Å².